The van der Waals surface area contributed by atoms with Crippen molar-refractivity contribution in [1.29, 1.82) is 0 Å². The maximum atomic E-state index is 12.8. The molecule has 2 aromatic carbocycles. The molecule has 3 amide bonds. The molecule has 0 aliphatic rings. The number of rotatable bonds is 9. The van der Waals surface area contributed by atoms with Crippen LogP contribution in [0.2, 0.25) is 0 Å². The van der Waals surface area contributed by atoms with Crippen molar-refractivity contribution < 1.29 is 19.1 Å². The summed E-state index contributed by atoms with van der Waals surface area (Å²) in [6, 6.07) is 13.9. The third-order valence-electron chi connectivity index (χ3n) is 4.12. The zero-order chi connectivity index (χ0) is 22.1. The van der Waals surface area contributed by atoms with Crippen molar-refractivity contribution in [2.75, 3.05) is 32.1 Å². The Balaban J connectivity index is 1.90. The number of benzene rings is 2. The number of hydrogen-bond acceptors (Lipinski definition) is 4. The van der Waals surface area contributed by atoms with E-state index in [-0.39, 0.29) is 30.8 Å². The fourth-order valence-corrected chi connectivity index (χ4v) is 2.99. The topological polar surface area (TPSA) is 87.7 Å². The SMILES string of the molecule is COc1ccc(NC(=O)CNC(=O)CN(CC(C)C)C(=O)c2ccc(Br)cc2)cc1. The zero-order valence-corrected chi connectivity index (χ0v) is 18.9. The van der Waals surface area contributed by atoms with Gasteiger partial charge in [0, 0.05) is 22.3 Å². The number of methoxy groups -OCH3 is 1. The molecule has 0 saturated carbocycles. The van der Waals surface area contributed by atoms with Crippen LogP contribution in [0.3, 0.4) is 0 Å². The maximum Gasteiger partial charge on any atom is 0.254 e. The Bertz CT molecular complexity index is 867. The van der Waals surface area contributed by atoms with E-state index in [2.05, 4.69) is 26.6 Å². The van der Waals surface area contributed by atoms with Crippen molar-refractivity contribution in [3.05, 3.63) is 58.6 Å². The molecule has 160 valence electrons. The second kappa shape index (κ2) is 11.3. The molecule has 2 rings (SSSR count). The van der Waals surface area contributed by atoms with Gasteiger partial charge in [-0.3, -0.25) is 14.4 Å². The molecule has 0 radical (unpaired) electrons. The number of amides is 3. The van der Waals surface area contributed by atoms with E-state index in [1.165, 1.54) is 4.90 Å². The summed E-state index contributed by atoms with van der Waals surface area (Å²) in [4.78, 5) is 38.7. The van der Waals surface area contributed by atoms with Gasteiger partial charge in [0.2, 0.25) is 11.8 Å². The van der Waals surface area contributed by atoms with Crippen molar-refractivity contribution in [1.82, 2.24) is 10.2 Å². The highest BCUT2D eigenvalue weighted by Crippen LogP contribution is 2.15. The van der Waals surface area contributed by atoms with Gasteiger partial charge < -0.3 is 20.3 Å². The highest BCUT2D eigenvalue weighted by Gasteiger charge is 2.20. The Labute approximate surface area is 184 Å². The van der Waals surface area contributed by atoms with Gasteiger partial charge in [0.15, 0.2) is 0 Å². The lowest BCUT2D eigenvalue weighted by Crippen LogP contribution is -2.44. The molecule has 0 atom stereocenters. The molecule has 0 bridgehead atoms. The van der Waals surface area contributed by atoms with Crippen LogP contribution in [0.5, 0.6) is 5.75 Å². The lowest BCUT2D eigenvalue weighted by Gasteiger charge is -2.24. The molecule has 0 spiro atoms. The van der Waals surface area contributed by atoms with Gasteiger partial charge in [-0.25, -0.2) is 0 Å². The number of carbonyl (C=O) groups excluding carboxylic acids is 3. The summed E-state index contributed by atoms with van der Waals surface area (Å²) in [6.45, 7) is 4.07. The predicted octanol–water partition coefficient (Wildman–Crippen LogP) is 3.31. The second-order valence-corrected chi connectivity index (χ2v) is 8.06. The highest BCUT2D eigenvalue weighted by atomic mass is 79.9. The summed E-state index contributed by atoms with van der Waals surface area (Å²) in [7, 11) is 1.56. The number of carbonyl (C=O) groups is 3. The van der Waals surface area contributed by atoms with E-state index in [1.807, 2.05) is 13.8 Å². The van der Waals surface area contributed by atoms with Crippen molar-refractivity contribution in [2.45, 2.75) is 13.8 Å². The highest BCUT2D eigenvalue weighted by molar-refractivity contribution is 9.10. The molecular formula is C22H26BrN3O4. The molecule has 0 heterocycles. The predicted molar refractivity (Wildman–Crippen MR) is 120 cm³/mol. The molecule has 0 aliphatic carbocycles. The summed E-state index contributed by atoms with van der Waals surface area (Å²) in [5.74, 6) is -0.110. The van der Waals surface area contributed by atoms with Crippen LogP contribution < -0.4 is 15.4 Å². The summed E-state index contributed by atoms with van der Waals surface area (Å²) in [5, 5.41) is 5.26. The minimum absolute atomic E-state index is 0.122. The number of hydrogen-bond donors (Lipinski definition) is 2. The normalized spacial score (nSPS) is 10.4. The molecule has 7 nitrogen and oxygen atoms in total. The first-order chi connectivity index (χ1) is 14.3. The summed E-state index contributed by atoms with van der Waals surface area (Å²) in [6.07, 6.45) is 0. The molecular weight excluding hydrogens is 450 g/mol. The van der Waals surface area contributed by atoms with Crippen LogP contribution in [0, 0.1) is 5.92 Å². The Morgan fingerprint density at radius 3 is 2.20 bits per heavy atom. The van der Waals surface area contributed by atoms with Crippen LogP contribution in [0.15, 0.2) is 53.0 Å². The van der Waals surface area contributed by atoms with Crippen LogP contribution in [-0.2, 0) is 9.59 Å². The van der Waals surface area contributed by atoms with Crippen LogP contribution in [-0.4, -0.2) is 49.4 Å². The Hall–Kier alpha value is -2.87. The number of halogens is 1. The molecule has 8 heteroatoms. The third-order valence-corrected chi connectivity index (χ3v) is 4.65. The third kappa shape index (κ3) is 7.51. The Morgan fingerprint density at radius 2 is 1.63 bits per heavy atom. The number of nitrogens with one attached hydrogen (secondary N) is 2. The fraction of sp³-hybridized carbons (Fsp3) is 0.318. The number of ether oxygens (including phenoxy) is 1. The summed E-state index contributed by atoms with van der Waals surface area (Å²) in [5.41, 5.74) is 1.10. The Morgan fingerprint density at radius 1 is 1.00 bits per heavy atom. The standard InChI is InChI=1S/C22H26BrN3O4/c1-15(2)13-26(22(29)16-4-6-17(23)7-5-16)14-21(28)24-12-20(27)25-18-8-10-19(30-3)11-9-18/h4-11,15H,12-14H2,1-3H3,(H,24,28)(H,25,27). The van der Waals surface area contributed by atoms with Gasteiger partial charge >= 0.3 is 0 Å². The first-order valence-electron chi connectivity index (χ1n) is 9.54. The lowest BCUT2D eigenvalue weighted by molar-refractivity contribution is -0.124. The van der Waals surface area contributed by atoms with E-state index in [9.17, 15) is 14.4 Å². The van der Waals surface area contributed by atoms with Crippen molar-refractivity contribution >= 4 is 39.3 Å². The molecule has 0 saturated heterocycles. The quantitative estimate of drug-likeness (QED) is 0.582. The molecule has 0 aliphatic heterocycles. The summed E-state index contributed by atoms with van der Waals surface area (Å²) < 4.78 is 5.94. The van der Waals surface area contributed by atoms with Gasteiger partial charge in [0.1, 0.15) is 5.75 Å². The van der Waals surface area contributed by atoms with E-state index in [0.717, 1.165) is 4.47 Å². The van der Waals surface area contributed by atoms with Crippen molar-refractivity contribution in [3.63, 3.8) is 0 Å². The second-order valence-electron chi connectivity index (χ2n) is 7.14. The van der Waals surface area contributed by atoms with Crippen molar-refractivity contribution in [2.24, 2.45) is 5.92 Å². The smallest absolute Gasteiger partial charge is 0.254 e. The van der Waals surface area contributed by atoms with E-state index >= 15 is 0 Å². The van der Waals surface area contributed by atoms with Crippen LogP contribution in [0.25, 0.3) is 0 Å². The molecule has 0 aromatic heterocycles. The minimum Gasteiger partial charge on any atom is -0.497 e. The first kappa shape index (κ1) is 23.4. The summed E-state index contributed by atoms with van der Waals surface area (Å²) >= 11 is 3.34. The largest absolute Gasteiger partial charge is 0.497 e. The van der Waals surface area contributed by atoms with Crippen LogP contribution in [0.4, 0.5) is 5.69 Å². The first-order valence-corrected chi connectivity index (χ1v) is 10.3. The van der Waals surface area contributed by atoms with Crippen LogP contribution in [0.1, 0.15) is 24.2 Å². The van der Waals surface area contributed by atoms with Gasteiger partial charge in [-0.15, -0.1) is 0 Å². The van der Waals surface area contributed by atoms with E-state index in [0.29, 0.717) is 23.5 Å². The zero-order valence-electron chi connectivity index (χ0n) is 17.3. The molecule has 0 unspecified atom stereocenters. The maximum absolute atomic E-state index is 12.8. The monoisotopic (exact) mass is 475 g/mol. The van der Waals surface area contributed by atoms with Gasteiger partial charge in [0.25, 0.3) is 5.91 Å². The van der Waals surface area contributed by atoms with Gasteiger partial charge in [-0.2, -0.15) is 0 Å². The minimum atomic E-state index is -0.397. The van der Waals surface area contributed by atoms with E-state index in [4.69, 9.17) is 4.74 Å². The molecule has 30 heavy (non-hydrogen) atoms. The van der Waals surface area contributed by atoms with E-state index in [1.54, 1.807) is 55.6 Å². The van der Waals surface area contributed by atoms with Gasteiger partial charge in [-0.05, 0) is 54.4 Å². The molecule has 0 fully saturated rings. The Kier molecular flexibility index (Phi) is 8.86. The molecule has 2 N–H and O–H groups in total. The van der Waals surface area contributed by atoms with Crippen molar-refractivity contribution in [3.8, 4) is 5.75 Å². The fourth-order valence-electron chi connectivity index (χ4n) is 2.72. The van der Waals surface area contributed by atoms with E-state index < -0.39 is 5.91 Å². The number of anilines is 1. The average Bonchev–Trinajstić information content (AvgIpc) is 2.72. The van der Waals surface area contributed by atoms with Gasteiger partial charge in [0.05, 0.1) is 20.2 Å². The number of nitrogens with zero attached hydrogens (tertiary/aromatic N) is 1. The van der Waals surface area contributed by atoms with Gasteiger partial charge in [-0.1, -0.05) is 29.8 Å². The lowest BCUT2D eigenvalue weighted by atomic mass is 10.1. The van der Waals surface area contributed by atoms with Crippen LogP contribution >= 0.6 is 15.9 Å². The molecule has 2 aromatic rings. The average molecular weight is 476 g/mol.